The number of rotatable bonds is 7. The summed E-state index contributed by atoms with van der Waals surface area (Å²) >= 11 is 5.40. The summed E-state index contributed by atoms with van der Waals surface area (Å²) < 4.78 is 5.40. The van der Waals surface area contributed by atoms with E-state index in [0.717, 1.165) is 23.7 Å². The van der Waals surface area contributed by atoms with E-state index in [0.29, 0.717) is 0 Å². The van der Waals surface area contributed by atoms with Crippen molar-refractivity contribution < 1.29 is 4.74 Å². The zero-order chi connectivity index (χ0) is 18.8. The highest BCUT2D eigenvalue weighted by atomic mass is 32.1. The Labute approximate surface area is 176 Å². The molecule has 0 spiro atoms. The highest BCUT2D eigenvalue weighted by Crippen LogP contribution is 2.38. The fraction of sp³-hybridized carbons (Fsp3) is 0.136. The lowest BCUT2D eigenvalue weighted by atomic mass is 10.3. The Kier molecular flexibility index (Phi) is 5.10. The second-order valence-corrected chi connectivity index (χ2v) is 9.61. The van der Waals surface area contributed by atoms with E-state index in [9.17, 15) is 0 Å². The SMILES string of the molecule is C(=NN(CC1CO1)c1ccccc1)c1ccc(-c2ccc(-c3cccs3)s2)s1. The van der Waals surface area contributed by atoms with Gasteiger partial charge in [-0.2, -0.15) is 5.10 Å². The van der Waals surface area contributed by atoms with Crippen LogP contribution in [0.25, 0.3) is 19.5 Å². The summed E-state index contributed by atoms with van der Waals surface area (Å²) in [7, 11) is 0. The molecule has 1 fully saturated rings. The second kappa shape index (κ2) is 8.01. The minimum absolute atomic E-state index is 0.290. The quantitative estimate of drug-likeness (QED) is 0.195. The Morgan fingerprint density at radius 3 is 2.39 bits per heavy atom. The molecule has 0 aliphatic carbocycles. The summed E-state index contributed by atoms with van der Waals surface area (Å²) in [5.74, 6) is 0. The number of para-hydroxylation sites is 1. The molecule has 1 atom stereocenters. The number of epoxide rings is 1. The number of benzene rings is 1. The molecule has 6 heteroatoms. The summed E-state index contributed by atoms with van der Waals surface area (Å²) in [4.78, 5) is 6.40. The summed E-state index contributed by atoms with van der Waals surface area (Å²) in [6, 6.07) is 23.3. The molecule has 3 nitrogen and oxygen atoms in total. The van der Waals surface area contributed by atoms with Crippen molar-refractivity contribution in [3.8, 4) is 19.5 Å². The van der Waals surface area contributed by atoms with E-state index in [1.54, 1.807) is 22.7 Å². The molecule has 4 aromatic rings. The van der Waals surface area contributed by atoms with Crippen molar-refractivity contribution in [3.63, 3.8) is 0 Å². The average molecular weight is 423 g/mol. The molecule has 28 heavy (non-hydrogen) atoms. The van der Waals surface area contributed by atoms with E-state index in [2.05, 4.69) is 53.9 Å². The van der Waals surface area contributed by atoms with Crippen molar-refractivity contribution >= 4 is 45.9 Å². The normalized spacial score (nSPS) is 15.9. The van der Waals surface area contributed by atoms with Crippen molar-refractivity contribution in [2.45, 2.75) is 6.10 Å². The molecular weight excluding hydrogens is 404 g/mol. The maximum absolute atomic E-state index is 5.40. The Bertz CT molecular complexity index is 1060. The van der Waals surface area contributed by atoms with Crippen LogP contribution in [0, 0.1) is 0 Å². The summed E-state index contributed by atoms with van der Waals surface area (Å²) in [5, 5.41) is 8.89. The van der Waals surface area contributed by atoms with Crippen LogP contribution >= 0.6 is 34.0 Å². The highest BCUT2D eigenvalue weighted by Gasteiger charge is 2.25. The molecule has 140 valence electrons. The molecule has 1 aromatic carbocycles. The maximum atomic E-state index is 5.40. The first-order valence-electron chi connectivity index (χ1n) is 9.07. The predicted octanol–water partition coefficient (Wildman–Crippen LogP) is 6.44. The highest BCUT2D eigenvalue weighted by molar-refractivity contribution is 7.26. The molecule has 0 N–H and O–H groups in total. The fourth-order valence-electron chi connectivity index (χ4n) is 2.89. The Morgan fingerprint density at radius 1 is 0.893 bits per heavy atom. The molecule has 1 unspecified atom stereocenters. The third-order valence-corrected chi connectivity index (χ3v) is 7.76. The third-order valence-electron chi connectivity index (χ3n) is 4.40. The maximum Gasteiger partial charge on any atom is 0.101 e. The van der Waals surface area contributed by atoms with Crippen molar-refractivity contribution in [3.05, 3.63) is 77.0 Å². The molecule has 1 aliphatic heterocycles. The molecule has 0 bridgehead atoms. The van der Waals surface area contributed by atoms with Gasteiger partial charge in [0.15, 0.2) is 0 Å². The van der Waals surface area contributed by atoms with Gasteiger partial charge in [-0.15, -0.1) is 34.0 Å². The van der Waals surface area contributed by atoms with Crippen molar-refractivity contribution in [1.29, 1.82) is 0 Å². The molecule has 3 aromatic heterocycles. The number of hydrogen-bond donors (Lipinski definition) is 0. The Hall–Kier alpha value is -2.25. The number of anilines is 1. The summed E-state index contributed by atoms with van der Waals surface area (Å²) in [6.07, 6.45) is 2.25. The van der Waals surface area contributed by atoms with Crippen LogP contribution in [0.1, 0.15) is 4.88 Å². The first-order valence-corrected chi connectivity index (χ1v) is 11.6. The lowest BCUT2D eigenvalue weighted by Gasteiger charge is -2.17. The first-order chi connectivity index (χ1) is 13.8. The van der Waals surface area contributed by atoms with Gasteiger partial charge in [-0.3, -0.25) is 5.01 Å². The molecule has 1 aliphatic rings. The number of nitrogens with zero attached hydrogens (tertiary/aromatic N) is 2. The van der Waals surface area contributed by atoms with Crippen molar-refractivity contribution in [1.82, 2.24) is 0 Å². The van der Waals surface area contributed by atoms with Crippen LogP contribution in [0.4, 0.5) is 5.69 Å². The zero-order valence-electron chi connectivity index (χ0n) is 15.0. The van der Waals surface area contributed by atoms with Crippen LogP contribution < -0.4 is 5.01 Å². The van der Waals surface area contributed by atoms with Crippen molar-refractivity contribution in [2.24, 2.45) is 5.10 Å². The van der Waals surface area contributed by atoms with Gasteiger partial charge in [-0.1, -0.05) is 24.3 Å². The predicted molar refractivity (Wildman–Crippen MR) is 122 cm³/mol. The van der Waals surface area contributed by atoms with E-state index in [1.807, 2.05) is 40.8 Å². The van der Waals surface area contributed by atoms with E-state index in [1.165, 1.54) is 19.5 Å². The van der Waals surface area contributed by atoms with Crippen LogP contribution in [-0.2, 0) is 4.74 Å². The molecule has 5 rings (SSSR count). The van der Waals surface area contributed by atoms with E-state index in [4.69, 9.17) is 9.84 Å². The van der Waals surface area contributed by atoms with E-state index in [-0.39, 0.29) is 6.10 Å². The lowest BCUT2D eigenvalue weighted by Crippen LogP contribution is -2.21. The first kappa shape index (κ1) is 17.8. The van der Waals surface area contributed by atoms with Crippen LogP contribution in [0.3, 0.4) is 0 Å². The third kappa shape index (κ3) is 4.10. The van der Waals surface area contributed by atoms with Crippen LogP contribution in [0.15, 0.2) is 77.2 Å². The molecule has 0 amide bonds. The average Bonchev–Trinajstić information content (AvgIpc) is 3.17. The zero-order valence-corrected chi connectivity index (χ0v) is 17.5. The van der Waals surface area contributed by atoms with Crippen LogP contribution in [0.2, 0.25) is 0 Å². The smallest absolute Gasteiger partial charge is 0.101 e. The van der Waals surface area contributed by atoms with Crippen LogP contribution in [-0.4, -0.2) is 25.5 Å². The van der Waals surface area contributed by atoms with Gasteiger partial charge in [0.2, 0.25) is 0 Å². The minimum atomic E-state index is 0.290. The summed E-state index contributed by atoms with van der Waals surface area (Å²) in [5.41, 5.74) is 1.09. The van der Waals surface area contributed by atoms with Crippen LogP contribution in [0.5, 0.6) is 0 Å². The second-order valence-electron chi connectivity index (χ2n) is 6.46. The topological polar surface area (TPSA) is 28.1 Å². The van der Waals surface area contributed by atoms with E-state index < -0.39 is 0 Å². The minimum Gasteiger partial charge on any atom is -0.371 e. The van der Waals surface area contributed by atoms with Gasteiger partial charge < -0.3 is 4.74 Å². The largest absolute Gasteiger partial charge is 0.371 e. The Balaban J connectivity index is 1.34. The van der Waals surface area contributed by atoms with Gasteiger partial charge in [-0.05, 0) is 47.8 Å². The summed E-state index contributed by atoms with van der Waals surface area (Å²) in [6.45, 7) is 1.61. The molecule has 0 radical (unpaired) electrons. The van der Waals surface area contributed by atoms with Gasteiger partial charge >= 0.3 is 0 Å². The molecule has 1 saturated heterocycles. The van der Waals surface area contributed by atoms with Gasteiger partial charge in [0.25, 0.3) is 0 Å². The number of ether oxygens (including phenoxy) is 1. The van der Waals surface area contributed by atoms with Gasteiger partial charge in [0.1, 0.15) is 6.10 Å². The Morgan fingerprint density at radius 2 is 1.64 bits per heavy atom. The lowest BCUT2D eigenvalue weighted by molar-refractivity contribution is 0.408. The van der Waals surface area contributed by atoms with Gasteiger partial charge in [0.05, 0.1) is 25.1 Å². The monoisotopic (exact) mass is 422 g/mol. The number of hydrogen-bond acceptors (Lipinski definition) is 6. The van der Waals surface area contributed by atoms with Gasteiger partial charge in [-0.25, -0.2) is 0 Å². The fourth-order valence-corrected chi connectivity index (χ4v) is 5.69. The van der Waals surface area contributed by atoms with Crippen molar-refractivity contribution in [2.75, 3.05) is 18.2 Å². The van der Waals surface area contributed by atoms with Gasteiger partial charge in [0, 0.05) is 24.4 Å². The number of thiophene rings is 3. The molecular formula is C22H18N2OS3. The standard InChI is InChI=1S/C22H18N2OS3/c1-2-5-16(6-3-1)24(14-17-15-25-17)23-13-18-8-9-21(27-18)22-11-10-20(28-22)19-7-4-12-26-19/h1-13,17H,14-15H2. The van der Waals surface area contributed by atoms with E-state index >= 15 is 0 Å². The molecule has 4 heterocycles. The molecule has 0 saturated carbocycles. The number of hydrazone groups is 1.